The third-order valence-corrected chi connectivity index (χ3v) is 5.14. The van der Waals surface area contributed by atoms with Gasteiger partial charge >= 0.3 is 0 Å². The van der Waals surface area contributed by atoms with Gasteiger partial charge in [-0.1, -0.05) is 129 Å². The first-order chi connectivity index (χ1) is 11.9. The van der Waals surface area contributed by atoms with Gasteiger partial charge in [0.05, 0.1) is 6.07 Å². The first kappa shape index (κ1) is 23.5. The number of hydrogen-bond donors (Lipinski definition) is 0. The Morgan fingerprint density at radius 1 is 0.417 bits per heavy atom. The SMILES string of the molecule is CCCCCCCCCCCCCCCCCCCCCCC#N. The summed E-state index contributed by atoms with van der Waals surface area (Å²) < 4.78 is 0. The second-order valence-electron chi connectivity index (χ2n) is 7.63. The number of hydrogen-bond acceptors (Lipinski definition) is 1. The molecular formula is C23H45N. The van der Waals surface area contributed by atoms with Crippen LogP contribution in [0.15, 0.2) is 0 Å². The topological polar surface area (TPSA) is 23.8 Å². The maximum atomic E-state index is 8.47. The second kappa shape index (κ2) is 22.5. The monoisotopic (exact) mass is 335 g/mol. The minimum Gasteiger partial charge on any atom is -0.198 e. The highest BCUT2D eigenvalue weighted by Gasteiger charge is 1.95. The Morgan fingerprint density at radius 3 is 0.917 bits per heavy atom. The van der Waals surface area contributed by atoms with E-state index >= 15 is 0 Å². The number of nitriles is 1. The van der Waals surface area contributed by atoms with Crippen LogP contribution in [-0.4, -0.2) is 0 Å². The van der Waals surface area contributed by atoms with Crippen LogP contribution in [-0.2, 0) is 0 Å². The van der Waals surface area contributed by atoms with Gasteiger partial charge < -0.3 is 0 Å². The predicted molar refractivity (Wildman–Crippen MR) is 108 cm³/mol. The van der Waals surface area contributed by atoms with E-state index in [1.54, 1.807) is 0 Å². The molecule has 0 heterocycles. The molecule has 0 spiro atoms. The molecule has 0 aromatic heterocycles. The Balaban J connectivity index is 2.94. The lowest BCUT2D eigenvalue weighted by Crippen LogP contribution is -1.84. The van der Waals surface area contributed by atoms with Gasteiger partial charge in [-0.05, 0) is 6.42 Å². The van der Waals surface area contributed by atoms with Crippen LogP contribution in [0.2, 0.25) is 0 Å². The first-order valence-corrected chi connectivity index (χ1v) is 11.3. The summed E-state index contributed by atoms with van der Waals surface area (Å²) in [6.45, 7) is 2.29. The van der Waals surface area contributed by atoms with Crippen LogP contribution in [0.25, 0.3) is 0 Å². The average molecular weight is 336 g/mol. The maximum Gasteiger partial charge on any atom is 0.0621 e. The van der Waals surface area contributed by atoms with E-state index in [2.05, 4.69) is 13.0 Å². The van der Waals surface area contributed by atoms with Gasteiger partial charge in [-0.15, -0.1) is 0 Å². The summed E-state index contributed by atoms with van der Waals surface area (Å²) in [7, 11) is 0. The molecule has 0 radical (unpaired) electrons. The first-order valence-electron chi connectivity index (χ1n) is 11.3. The summed E-state index contributed by atoms with van der Waals surface area (Å²) in [6.07, 6.45) is 29.0. The molecule has 1 nitrogen and oxygen atoms in total. The van der Waals surface area contributed by atoms with Crippen molar-refractivity contribution in [3.8, 4) is 6.07 Å². The summed E-state index contributed by atoms with van der Waals surface area (Å²) in [6, 6.07) is 2.23. The van der Waals surface area contributed by atoms with E-state index in [1.807, 2.05) is 0 Å². The fourth-order valence-electron chi connectivity index (χ4n) is 3.46. The van der Waals surface area contributed by atoms with Crippen LogP contribution < -0.4 is 0 Å². The Hall–Kier alpha value is -0.510. The standard InChI is InChI=1S/C23H45N/c1-2-3-4-5-6-7-8-9-10-11-12-13-14-15-16-17-18-19-20-21-22-23-24/h2-22H2,1H3. The molecule has 0 atom stereocenters. The van der Waals surface area contributed by atoms with E-state index in [0.717, 1.165) is 12.8 Å². The van der Waals surface area contributed by atoms with E-state index in [9.17, 15) is 0 Å². The molecule has 0 aromatic rings. The van der Waals surface area contributed by atoms with Gasteiger partial charge in [0.15, 0.2) is 0 Å². The van der Waals surface area contributed by atoms with Gasteiger partial charge in [-0.3, -0.25) is 0 Å². The van der Waals surface area contributed by atoms with Crippen LogP contribution >= 0.6 is 0 Å². The second-order valence-corrected chi connectivity index (χ2v) is 7.63. The van der Waals surface area contributed by atoms with Gasteiger partial charge in [0.2, 0.25) is 0 Å². The molecule has 0 aliphatic rings. The third-order valence-electron chi connectivity index (χ3n) is 5.14. The van der Waals surface area contributed by atoms with Crippen molar-refractivity contribution in [2.24, 2.45) is 0 Å². The van der Waals surface area contributed by atoms with Crippen molar-refractivity contribution in [3.63, 3.8) is 0 Å². The molecule has 24 heavy (non-hydrogen) atoms. The smallest absolute Gasteiger partial charge is 0.0621 e. The van der Waals surface area contributed by atoms with Crippen LogP contribution in [0.3, 0.4) is 0 Å². The molecule has 142 valence electrons. The molecule has 0 unspecified atom stereocenters. The number of unbranched alkanes of at least 4 members (excludes halogenated alkanes) is 20. The number of rotatable bonds is 20. The van der Waals surface area contributed by atoms with Crippen LogP contribution in [0, 0.1) is 11.3 Å². The van der Waals surface area contributed by atoms with Crippen molar-refractivity contribution >= 4 is 0 Å². The zero-order chi connectivity index (χ0) is 17.6. The highest BCUT2D eigenvalue weighted by atomic mass is 14.2. The van der Waals surface area contributed by atoms with Crippen LogP contribution in [0.1, 0.15) is 142 Å². The molecule has 0 fully saturated rings. The lowest BCUT2D eigenvalue weighted by Gasteiger charge is -2.03. The van der Waals surface area contributed by atoms with Gasteiger partial charge in [0, 0.05) is 6.42 Å². The van der Waals surface area contributed by atoms with Gasteiger partial charge in [-0.2, -0.15) is 5.26 Å². The van der Waals surface area contributed by atoms with Crippen molar-refractivity contribution in [2.75, 3.05) is 0 Å². The van der Waals surface area contributed by atoms with Crippen molar-refractivity contribution in [2.45, 2.75) is 142 Å². The lowest BCUT2D eigenvalue weighted by molar-refractivity contribution is 0.522. The Labute approximate surface area is 153 Å². The zero-order valence-electron chi connectivity index (χ0n) is 16.8. The summed E-state index contributed by atoms with van der Waals surface area (Å²) in [4.78, 5) is 0. The molecular weight excluding hydrogens is 290 g/mol. The van der Waals surface area contributed by atoms with Crippen molar-refractivity contribution in [3.05, 3.63) is 0 Å². The summed E-state index contributed by atoms with van der Waals surface area (Å²) in [5, 5.41) is 8.47. The summed E-state index contributed by atoms with van der Waals surface area (Å²) >= 11 is 0. The van der Waals surface area contributed by atoms with E-state index in [4.69, 9.17) is 5.26 Å². The molecule has 0 N–H and O–H groups in total. The van der Waals surface area contributed by atoms with Crippen molar-refractivity contribution < 1.29 is 0 Å². The van der Waals surface area contributed by atoms with E-state index in [-0.39, 0.29) is 0 Å². The Bertz CT molecular complexity index is 253. The molecule has 0 rings (SSSR count). The Kier molecular flexibility index (Phi) is 22.0. The molecule has 0 aliphatic carbocycles. The molecule has 0 aromatic carbocycles. The van der Waals surface area contributed by atoms with E-state index < -0.39 is 0 Å². The summed E-state index contributed by atoms with van der Waals surface area (Å²) in [5.74, 6) is 0. The quantitative estimate of drug-likeness (QED) is 0.204. The van der Waals surface area contributed by atoms with Gasteiger partial charge in [-0.25, -0.2) is 0 Å². The maximum absolute atomic E-state index is 8.47. The average Bonchev–Trinajstić information content (AvgIpc) is 2.60. The fourth-order valence-corrected chi connectivity index (χ4v) is 3.46. The highest BCUT2D eigenvalue weighted by Crippen LogP contribution is 2.14. The molecule has 0 amide bonds. The molecule has 0 bridgehead atoms. The predicted octanol–water partition coefficient (Wildman–Crippen LogP) is 8.72. The Morgan fingerprint density at radius 2 is 0.667 bits per heavy atom. The minimum absolute atomic E-state index is 0.749. The summed E-state index contributed by atoms with van der Waals surface area (Å²) in [5.41, 5.74) is 0. The van der Waals surface area contributed by atoms with Gasteiger partial charge in [0.1, 0.15) is 0 Å². The highest BCUT2D eigenvalue weighted by molar-refractivity contribution is 4.67. The van der Waals surface area contributed by atoms with E-state index in [0.29, 0.717) is 0 Å². The lowest BCUT2D eigenvalue weighted by atomic mass is 10.0. The number of nitrogens with zero attached hydrogens (tertiary/aromatic N) is 1. The van der Waals surface area contributed by atoms with Crippen molar-refractivity contribution in [1.29, 1.82) is 5.26 Å². The molecule has 0 aliphatic heterocycles. The van der Waals surface area contributed by atoms with E-state index in [1.165, 1.54) is 122 Å². The van der Waals surface area contributed by atoms with Gasteiger partial charge in [0.25, 0.3) is 0 Å². The van der Waals surface area contributed by atoms with Crippen LogP contribution in [0.5, 0.6) is 0 Å². The van der Waals surface area contributed by atoms with Crippen LogP contribution in [0.4, 0.5) is 0 Å². The normalized spacial score (nSPS) is 10.8. The van der Waals surface area contributed by atoms with Crippen molar-refractivity contribution in [1.82, 2.24) is 0 Å². The molecule has 0 saturated carbocycles. The zero-order valence-corrected chi connectivity index (χ0v) is 16.8. The largest absolute Gasteiger partial charge is 0.198 e. The fraction of sp³-hybridized carbons (Fsp3) is 0.957. The molecule has 1 heteroatoms. The molecule has 0 saturated heterocycles. The minimum atomic E-state index is 0.749. The third kappa shape index (κ3) is 21.5.